The first kappa shape index (κ1) is 16.8. The van der Waals surface area contributed by atoms with Crippen LogP contribution in [0.2, 0.25) is 0 Å². The maximum atomic E-state index is 10.0. The number of carbonyl (C=O) groups excluding carboxylic acids is 1. The standard InChI is InChI=1S/2C6H10O2/c1-3-4-5-8-6(2)7;1-2-3-4-5-6(7)8/h4-5H,3H2,1-2H3;3-4H,2,5H2,1H3,(H,7,8). The van der Waals surface area contributed by atoms with E-state index in [1.54, 1.807) is 12.2 Å². The minimum absolute atomic E-state index is 0.147. The van der Waals surface area contributed by atoms with Gasteiger partial charge in [-0.05, 0) is 18.9 Å². The Balaban J connectivity index is 0. The van der Waals surface area contributed by atoms with Crippen LogP contribution in [0.1, 0.15) is 40.0 Å². The molecule has 0 rings (SSSR count). The fraction of sp³-hybridized carbons (Fsp3) is 0.500. The first-order valence-corrected chi connectivity index (χ1v) is 5.23. The highest BCUT2D eigenvalue weighted by Crippen LogP contribution is 1.84. The van der Waals surface area contributed by atoms with Gasteiger partial charge in [0, 0.05) is 6.92 Å². The molecule has 0 spiro atoms. The van der Waals surface area contributed by atoms with E-state index in [4.69, 9.17) is 5.11 Å². The molecule has 0 aromatic rings. The molecule has 0 aromatic heterocycles. The number of aliphatic carboxylic acids is 1. The highest BCUT2D eigenvalue weighted by molar-refractivity contribution is 5.68. The molecular weight excluding hydrogens is 208 g/mol. The van der Waals surface area contributed by atoms with Gasteiger partial charge in [0.2, 0.25) is 0 Å². The summed E-state index contributed by atoms with van der Waals surface area (Å²) in [4.78, 5) is 19.9. The molecular formula is C12H20O4. The Kier molecular flexibility index (Phi) is 14.1. The third-order valence-electron chi connectivity index (χ3n) is 1.26. The molecule has 0 radical (unpaired) electrons. The van der Waals surface area contributed by atoms with E-state index in [1.165, 1.54) is 13.2 Å². The minimum Gasteiger partial charge on any atom is -0.481 e. The van der Waals surface area contributed by atoms with Crippen molar-refractivity contribution in [2.24, 2.45) is 0 Å². The van der Waals surface area contributed by atoms with Gasteiger partial charge < -0.3 is 9.84 Å². The van der Waals surface area contributed by atoms with Gasteiger partial charge in [-0.2, -0.15) is 0 Å². The SMILES string of the molecule is CCC=CCC(=O)O.CCC=COC(C)=O. The number of hydrogen-bond acceptors (Lipinski definition) is 3. The molecule has 92 valence electrons. The maximum Gasteiger partial charge on any atom is 0.307 e. The summed E-state index contributed by atoms with van der Waals surface area (Å²) in [5.41, 5.74) is 0. The first-order valence-electron chi connectivity index (χ1n) is 5.23. The highest BCUT2D eigenvalue weighted by Gasteiger charge is 1.86. The average Bonchev–Trinajstić information content (AvgIpc) is 2.18. The van der Waals surface area contributed by atoms with Crippen molar-refractivity contribution in [3.05, 3.63) is 24.5 Å². The van der Waals surface area contributed by atoms with E-state index in [0.29, 0.717) is 0 Å². The van der Waals surface area contributed by atoms with Crippen LogP contribution in [0.3, 0.4) is 0 Å². The van der Waals surface area contributed by atoms with Crippen molar-refractivity contribution in [1.29, 1.82) is 0 Å². The Morgan fingerprint density at radius 2 is 1.69 bits per heavy atom. The van der Waals surface area contributed by atoms with E-state index >= 15 is 0 Å². The lowest BCUT2D eigenvalue weighted by Gasteiger charge is -1.86. The van der Waals surface area contributed by atoms with Gasteiger partial charge in [-0.25, -0.2) is 0 Å². The predicted octanol–water partition coefficient (Wildman–Crippen LogP) is 2.90. The lowest BCUT2D eigenvalue weighted by atomic mass is 10.3. The van der Waals surface area contributed by atoms with Crippen molar-refractivity contribution in [2.45, 2.75) is 40.0 Å². The number of rotatable bonds is 5. The zero-order valence-electron chi connectivity index (χ0n) is 10.1. The van der Waals surface area contributed by atoms with E-state index in [-0.39, 0.29) is 12.4 Å². The molecule has 16 heavy (non-hydrogen) atoms. The number of carboxylic acid groups (broad SMARTS) is 1. The Morgan fingerprint density at radius 1 is 1.12 bits per heavy atom. The quantitative estimate of drug-likeness (QED) is 0.446. The summed E-state index contributed by atoms with van der Waals surface area (Å²) in [5.74, 6) is -1.04. The summed E-state index contributed by atoms with van der Waals surface area (Å²) < 4.78 is 4.46. The maximum absolute atomic E-state index is 10.0. The van der Waals surface area contributed by atoms with Crippen LogP contribution in [-0.4, -0.2) is 17.0 Å². The van der Waals surface area contributed by atoms with Gasteiger partial charge in [0.05, 0.1) is 12.7 Å². The molecule has 0 saturated carbocycles. The van der Waals surface area contributed by atoms with Crippen LogP contribution < -0.4 is 0 Å². The molecule has 0 unspecified atom stereocenters. The Morgan fingerprint density at radius 3 is 2.06 bits per heavy atom. The molecule has 0 atom stereocenters. The van der Waals surface area contributed by atoms with Gasteiger partial charge in [-0.3, -0.25) is 9.59 Å². The van der Waals surface area contributed by atoms with Crippen LogP contribution in [-0.2, 0) is 14.3 Å². The number of carboxylic acids is 1. The van der Waals surface area contributed by atoms with E-state index in [9.17, 15) is 9.59 Å². The number of allylic oxidation sites excluding steroid dienone is 2. The van der Waals surface area contributed by atoms with Crippen molar-refractivity contribution >= 4 is 11.9 Å². The van der Waals surface area contributed by atoms with Crippen LogP contribution in [0.5, 0.6) is 0 Å². The van der Waals surface area contributed by atoms with Crippen molar-refractivity contribution in [1.82, 2.24) is 0 Å². The van der Waals surface area contributed by atoms with Crippen molar-refractivity contribution in [2.75, 3.05) is 0 Å². The molecule has 1 N–H and O–H groups in total. The summed E-state index contributed by atoms with van der Waals surface area (Å²) in [5, 5.41) is 8.09. The van der Waals surface area contributed by atoms with Crippen molar-refractivity contribution in [3.8, 4) is 0 Å². The molecule has 0 saturated heterocycles. The van der Waals surface area contributed by atoms with Gasteiger partial charge >= 0.3 is 11.9 Å². The van der Waals surface area contributed by atoms with Crippen molar-refractivity contribution in [3.63, 3.8) is 0 Å². The normalized spacial score (nSPS) is 9.94. The zero-order chi connectivity index (χ0) is 12.8. The molecule has 0 fully saturated rings. The summed E-state index contributed by atoms with van der Waals surface area (Å²) >= 11 is 0. The molecule has 0 aliphatic rings. The fourth-order valence-corrected chi connectivity index (χ4v) is 0.591. The molecule has 0 aliphatic heterocycles. The number of carbonyl (C=O) groups is 2. The topological polar surface area (TPSA) is 63.6 Å². The monoisotopic (exact) mass is 228 g/mol. The molecule has 4 heteroatoms. The Labute approximate surface area is 96.6 Å². The van der Waals surface area contributed by atoms with Gasteiger partial charge in [0.15, 0.2) is 0 Å². The predicted molar refractivity (Wildman–Crippen MR) is 62.9 cm³/mol. The van der Waals surface area contributed by atoms with E-state index in [1.807, 2.05) is 19.9 Å². The molecule has 0 heterocycles. The largest absolute Gasteiger partial charge is 0.481 e. The lowest BCUT2D eigenvalue weighted by molar-refractivity contribution is -0.136. The molecule has 0 aliphatic carbocycles. The number of ether oxygens (including phenoxy) is 1. The number of hydrogen-bond donors (Lipinski definition) is 1. The summed E-state index contributed by atoms with van der Waals surface area (Å²) in [6.45, 7) is 5.32. The zero-order valence-corrected chi connectivity index (χ0v) is 10.1. The van der Waals surface area contributed by atoms with Gasteiger partial charge in [-0.1, -0.05) is 26.0 Å². The summed E-state index contributed by atoms with van der Waals surface area (Å²) in [6, 6.07) is 0. The minimum atomic E-state index is -0.769. The smallest absolute Gasteiger partial charge is 0.307 e. The van der Waals surface area contributed by atoms with E-state index in [2.05, 4.69) is 4.74 Å². The lowest BCUT2D eigenvalue weighted by Crippen LogP contribution is -1.89. The summed E-state index contributed by atoms with van der Waals surface area (Å²) in [6.07, 6.45) is 8.63. The second-order valence-corrected chi connectivity index (χ2v) is 2.87. The Hall–Kier alpha value is -1.58. The van der Waals surface area contributed by atoms with Gasteiger partial charge in [0.1, 0.15) is 0 Å². The molecule has 0 amide bonds. The van der Waals surface area contributed by atoms with Gasteiger partial charge in [0.25, 0.3) is 0 Å². The average molecular weight is 228 g/mol. The van der Waals surface area contributed by atoms with Crippen molar-refractivity contribution < 1.29 is 19.4 Å². The van der Waals surface area contributed by atoms with E-state index < -0.39 is 5.97 Å². The third-order valence-corrected chi connectivity index (χ3v) is 1.26. The molecule has 0 bridgehead atoms. The van der Waals surface area contributed by atoms with Crippen LogP contribution in [0.4, 0.5) is 0 Å². The molecule has 4 nitrogen and oxygen atoms in total. The second kappa shape index (κ2) is 13.4. The van der Waals surface area contributed by atoms with Crippen LogP contribution in [0.25, 0.3) is 0 Å². The van der Waals surface area contributed by atoms with Crippen LogP contribution >= 0.6 is 0 Å². The molecule has 0 aromatic carbocycles. The van der Waals surface area contributed by atoms with Crippen LogP contribution in [0, 0.1) is 0 Å². The summed E-state index contributed by atoms with van der Waals surface area (Å²) in [7, 11) is 0. The third kappa shape index (κ3) is 22.8. The fourth-order valence-electron chi connectivity index (χ4n) is 0.591. The van der Waals surface area contributed by atoms with Crippen LogP contribution in [0.15, 0.2) is 24.5 Å². The highest BCUT2D eigenvalue weighted by atomic mass is 16.5. The van der Waals surface area contributed by atoms with E-state index in [0.717, 1.165) is 12.8 Å². The Bertz CT molecular complexity index is 215. The first-order chi connectivity index (χ1) is 7.54. The second-order valence-electron chi connectivity index (χ2n) is 2.87. The number of esters is 1. The van der Waals surface area contributed by atoms with Gasteiger partial charge in [-0.15, -0.1) is 0 Å².